The number of carboxylic acid groups (broad SMARTS) is 1. The van der Waals surface area contributed by atoms with Crippen LogP contribution < -0.4 is 5.11 Å². The molecule has 1 aromatic heterocycles. The second-order valence-electron chi connectivity index (χ2n) is 2.57. The van der Waals surface area contributed by atoms with Gasteiger partial charge in [0.1, 0.15) is 5.15 Å². The zero-order chi connectivity index (χ0) is 10.0. The number of carbonyl (C=O) groups excluding carboxylic acids is 1. The van der Waals surface area contributed by atoms with Gasteiger partial charge in [-0.3, -0.25) is 4.68 Å². The number of aryl methyl sites for hydroxylation is 2. The largest absolute Gasteiger partial charge is 0.545 e. The van der Waals surface area contributed by atoms with Crippen molar-refractivity contribution in [2.45, 2.75) is 6.92 Å². The van der Waals surface area contributed by atoms with E-state index in [2.05, 4.69) is 5.10 Å². The number of carbonyl (C=O) groups is 1. The number of halogens is 1. The van der Waals surface area contributed by atoms with Crippen molar-refractivity contribution in [1.82, 2.24) is 9.78 Å². The molecule has 0 aromatic carbocycles. The van der Waals surface area contributed by atoms with Gasteiger partial charge < -0.3 is 9.90 Å². The second-order valence-corrected chi connectivity index (χ2v) is 2.92. The van der Waals surface area contributed by atoms with E-state index in [0.29, 0.717) is 16.4 Å². The van der Waals surface area contributed by atoms with Crippen molar-refractivity contribution in [3.05, 3.63) is 22.5 Å². The van der Waals surface area contributed by atoms with E-state index in [1.165, 1.54) is 10.8 Å². The minimum Gasteiger partial charge on any atom is -0.545 e. The lowest BCUT2D eigenvalue weighted by Gasteiger charge is -1.93. The summed E-state index contributed by atoms with van der Waals surface area (Å²) in [6.07, 6.45) is 2.30. The Labute approximate surface area is 80.4 Å². The first-order chi connectivity index (χ1) is 6.02. The Bertz CT molecular complexity index is 368. The van der Waals surface area contributed by atoms with Crippen LogP contribution >= 0.6 is 11.6 Å². The summed E-state index contributed by atoms with van der Waals surface area (Å²) in [6.45, 7) is 1.75. The van der Waals surface area contributed by atoms with Gasteiger partial charge in [-0.05, 0) is 19.1 Å². The van der Waals surface area contributed by atoms with E-state index in [0.717, 1.165) is 6.08 Å². The number of aliphatic carboxylic acids is 1. The fourth-order valence-corrected chi connectivity index (χ4v) is 1.22. The van der Waals surface area contributed by atoms with Crippen molar-refractivity contribution in [3.8, 4) is 0 Å². The topological polar surface area (TPSA) is 58.0 Å². The maximum absolute atomic E-state index is 10.1. The molecule has 0 aliphatic carbocycles. The summed E-state index contributed by atoms with van der Waals surface area (Å²) in [5.41, 5.74) is 1.29. The highest BCUT2D eigenvalue weighted by molar-refractivity contribution is 6.31. The minimum absolute atomic E-state index is 0.412. The zero-order valence-electron chi connectivity index (χ0n) is 7.24. The average Bonchev–Trinajstić information content (AvgIpc) is 2.24. The van der Waals surface area contributed by atoms with Gasteiger partial charge in [-0.1, -0.05) is 11.6 Å². The number of hydrogen-bond donors (Lipinski definition) is 0. The molecule has 0 saturated heterocycles. The van der Waals surface area contributed by atoms with Crippen LogP contribution in [0.2, 0.25) is 5.15 Å². The Morgan fingerprint density at radius 2 is 2.31 bits per heavy atom. The van der Waals surface area contributed by atoms with E-state index in [1.807, 2.05) is 0 Å². The predicted octanol–water partition coefficient (Wildman–Crippen LogP) is 0.145. The summed E-state index contributed by atoms with van der Waals surface area (Å²) in [4.78, 5) is 10.1. The van der Waals surface area contributed by atoms with Crippen LogP contribution in [0.15, 0.2) is 6.08 Å². The van der Waals surface area contributed by atoms with Crippen molar-refractivity contribution in [2.75, 3.05) is 0 Å². The van der Waals surface area contributed by atoms with Crippen molar-refractivity contribution in [2.24, 2.45) is 7.05 Å². The van der Waals surface area contributed by atoms with Crippen LogP contribution in [-0.4, -0.2) is 15.7 Å². The Kier molecular flexibility index (Phi) is 2.72. The highest BCUT2D eigenvalue weighted by atomic mass is 35.5. The van der Waals surface area contributed by atoms with Crippen LogP contribution in [0.1, 0.15) is 11.3 Å². The number of hydrogen-bond acceptors (Lipinski definition) is 3. The maximum atomic E-state index is 10.1. The lowest BCUT2D eigenvalue weighted by atomic mass is 10.2. The summed E-state index contributed by atoms with van der Waals surface area (Å²) >= 11 is 5.83. The van der Waals surface area contributed by atoms with Gasteiger partial charge in [-0.2, -0.15) is 5.10 Å². The van der Waals surface area contributed by atoms with Crippen molar-refractivity contribution in [3.63, 3.8) is 0 Å². The van der Waals surface area contributed by atoms with Crippen molar-refractivity contribution < 1.29 is 9.90 Å². The van der Waals surface area contributed by atoms with Crippen LogP contribution in [0.25, 0.3) is 6.08 Å². The fraction of sp³-hybridized carbons (Fsp3) is 0.250. The van der Waals surface area contributed by atoms with E-state index in [-0.39, 0.29) is 0 Å². The van der Waals surface area contributed by atoms with Gasteiger partial charge in [-0.15, -0.1) is 0 Å². The van der Waals surface area contributed by atoms with Crippen LogP contribution in [0, 0.1) is 6.92 Å². The van der Waals surface area contributed by atoms with Crippen LogP contribution in [-0.2, 0) is 11.8 Å². The number of aromatic nitrogens is 2. The van der Waals surface area contributed by atoms with Crippen LogP contribution in [0.3, 0.4) is 0 Å². The molecule has 1 heterocycles. The van der Waals surface area contributed by atoms with Gasteiger partial charge in [0, 0.05) is 12.6 Å². The third-order valence-corrected chi connectivity index (χ3v) is 2.03. The van der Waals surface area contributed by atoms with E-state index in [4.69, 9.17) is 11.6 Å². The molecule has 5 heteroatoms. The molecule has 0 amide bonds. The van der Waals surface area contributed by atoms with Crippen molar-refractivity contribution >= 4 is 23.6 Å². The molecule has 0 aliphatic rings. The molecule has 0 unspecified atom stereocenters. The van der Waals surface area contributed by atoms with E-state index >= 15 is 0 Å². The summed E-state index contributed by atoms with van der Waals surface area (Å²) < 4.78 is 1.48. The highest BCUT2D eigenvalue weighted by Crippen LogP contribution is 2.19. The molecule has 0 N–H and O–H groups in total. The first-order valence-electron chi connectivity index (χ1n) is 3.60. The van der Waals surface area contributed by atoms with Gasteiger partial charge in [0.25, 0.3) is 0 Å². The van der Waals surface area contributed by atoms with Gasteiger partial charge >= 0.3 is 0 Å². The van der Waals surface area contributed by atoms with E-state index in [9.17, 15) is 9.90 Å². The number of nitrogens with zero attached hydrogens (tertiary/aromatic N) is 2. The van der Waals surface area contributed by atoms with Crippen molar-refractivity contribution in [1.29, 1.82) is 0 Å². The van der Waals surface area contributed by atoms with Gasteiger partial charge in [0.2, 0.25) is 0 Å². The standard InChI is InChI=1S/C8H9ClN2O2/c1-5-6(3-4-7(12)13)8(9)11(2)10-5/h3-4H,1-2H3,(H,12,13)/p-1/b4-3+. The summed E-state index contributed by atoms with van der Waals surface area (Å²) in [5, 5.41) is 14.6. The monoisotopic (exact) mass is 199 g/mol. The lowest BCUT2D eigenvalue weighted by molar-refractivity contribution is -0.297. The number of rotatable bonds is 2. The Balaban J connectivity index is 3.07. The van der Waals surface area contributed by atoms with Gasteiger partial charge in [-0.25, -0.2) is 0 Å². The molecule has 0 spiro atoms. The first-order valence-corrected chi connectivity index (χ1v) is 3.98. The molecular weight excluding hydrogens is 192 g/mol. The Morgan fingerprint density at radius 3 is 2.69 bits per heavy atom. The fourth-order valence-electron chi connectivity index (χ4n) is 0.987. The molecule has 0 radical (unpaired) electrons. The smallest absolute Gasteiger partial charge is 0.134 e. The zero-order valence-corrected chi connectivity index (χ0v) is 8.00. The Hall–Kier alpha value is -1.29. The molecule has 13 heavy (non-hydrogen) atoms. The average molecular weight is 200 g/mol. The lowest BCUT2D eigenvalue weighted by Crippen LogP contribution is -2.18. The van der Waals surface area contributed by atoms with Gasteiger partial charge in [0.15, 0.2) is 0 Å². The molecule has 1 rings (SSSR count). The molecule has 0 bridgehead atoms. The minimum atomic E-state index is -1.25. The highest BCUT2D eigenvalue weighted by Gasteiger charge is 2.06. The molecule has 0 fully saturated rings. The molecular formula is C8H8ClN2O2-. The van der Waals surface area contributed by atoms with E-state index in [1.54, 1.807) is 14.0 Å². The molecule has 70 valence electrons. The Morgan fingerprint density at radius 1 is 1.69 bits per heavy atom. The molecule has 1 aromatic rings. The first kappa shape index (κ1) is 9.80. The summed E-state index contributed by atoms with van der Waals surface area (Å²) in [6, 6.07) is 0. The van der Waals surface area contributed by atoms with Crippen LogP contribution in [0.5, 0.6) is 0 Å². The second kappa shape index (κ2) is 3.62. The van der Waals surface area contributed by atoms with Gasteiger partial charge in [0.05, 0.1) is 11.7 Å². The summed E-state index contributed by atoms with van der Waals surface area (Å²) in [5.74, 6) is -1.25. The molecule has 0 atom stereocenters. The molecule has 4 nitrogen and oxygen atoms in total. The third kappa shape index (κ3) is 2.09. The SMILES string of the molecule is Cc1nn(C)c(Cl)c1/C=C/C(=O)[O-]. The molecule has 0 aliphatic heterocycles. The normalized spacial score (nSPS) is 11.0. The van der Waals surface area contributed by atoms with Crippen LogP contribution in [0.4, 0.5) is 0 Å². The van der Waals surface area contributed by atoms with E-state index < -0.39 is 5.97 Å². The quantitative estimate of drug-likeness (QED) is 0.637. The molecule has 0 saturated carbocycles. The third-order valence-electron chi connectivity index (χ3n) is 1.58. The predicted molar refractivity (Wildman–Crippen MR) is 47.0 cm³/mol. The number of carboxylic acids is 1. The maximum Gasteiger partial charge on any atom is 0.134 e. The summed E-state index contributed by atoms with van der Waals surface area (Å²) in [7, 11) is 1.69.